The number of hydrogen-bond acceptors (Lipinski definition) is 2. The van der Waals surface area contributed by atoms with E-state index in [1.807, 2.05) is 49.4 Å². The molecule has 0 fully saturated rings. The highest BCUT2D eigenvalue weighted by atomic mass is 35.5. The van der Waals surface area contributed by atoms with Crippen molar-refractivity contribution >= 4 is 23.2 Å². The van der Waals surface area contributed by atoms with Crippen molar-refractivity contribution in [1.29, 1.82) is 0 Å². The summed E-state index contributed by atoms with van der Waals surface area (Å²) in [4.78, 5) is 11.8. The third-order valence-electron chi connectivity index (χ3n) is 2.82. The highest BCUT2D eigenvalue weighted by Gasteiger charge is 2.02. The number of nitrogens with one attached hydrogen (secondary N) is 1. The molecular weight excluding hydrogens is 272 g/mol. The first-order valence-electron chi connectivity index (χ1n) is 6.28. The summed E-state index contributed by atoms with van der Waals surface area (Å²) in [5.74, 6) is -0.135. The van der Waals surface area contributed by atoms with Crippen molar-refractivity contribution < 1.29 is 4.79 Å². The first-order valence-corrected chi connectivity index (χ1v) is 6.66. The summed E-state index contributed by atoms with van der Waals surface area (Å²) < 4.78 is 0. The van der Waals surface area contributed by atoms with Crippen LogP contribution >= 0.6 is 11.6 Å². The standard InChI is InChI=1S/C16H15ClN2O/c1-12(14-7-9-15(17)10-8-14)18-19-16(20)11-13-5-3-2-4-6-13/h2-10H,11H2,1H3,(H,19,20)/b18-12-. The minimum Gasteiger partial charge on any atom is -0.273 e. The molecule has 0 spiro atoms. The Morgan fingerprint density at radius 3 is 2.40 bits per heavy atom. The third-order valence-corrected chi connectivity index (χ3v) is 3.07. The van der Waals surface area contributed by atoms with Gasteiger partial charge < -0.3 is 0 Å². The molecule has 1 amide bonds. The Hall–Kier alpha value is -2.13. The molecule has 4 heteroatoms. The van der Waals surface area contributed by atoms with Crippen LogP contribution in [0.3, 0.4) is 0 Å². The number of benzene rings is 2. The second kappa shape index (κ2) is 6.87. The van der Waals surface area contributed by atoms with Gasteiger partial charge in [0.05, 0.1) is 12.1 Å². The number of hydrazone groups is 1. The Morgan fingerprint density at radius 1 is 1.10 bits per heavy atom. The minimum absolute atomic E-state index is 0.135. The van der Waals surface area contributed by atoms with Gasteiger partial charge in [-0.15, -0.1) is 0 Å². The van der Waals surface area contributed by atoms with E-state index >= 15 is 0 Å². The van der Waals surface area contributed by atoms with Crippen molar-refractivity contribution in [2.75, 3.05) is 0 Å². The van der Waals surface area contributed by atoms with Gasteiger partial charge >= 0.3 is 0 Å². The van der Waals surface area contributed by atoms with Crippen LogP contribution in [0.5, 0.6) is 0 Å². The first kappa shape index (κ1) is 14.3. The van der Waals surface area contributed by atoms with Crippen molar-refractivity contribution in [3.05, 3.63) is 70.7 Å². The van der Waals surface area contributed by atoms with Gasteiger partial charge in [0, 0.05) is 5.02 Å². The number of carbonyl (C=O) groups excluding carboxylic acids is 1. The van der Waals surface area contributed by atoms with E-state index in [0.29, 0.717) is 11.4 Å². The van der Waals surface area contributed by atoms with E-state index in [4.69, 9.17) is 11.6 Å². The van der Waals surface area contributed by atoms with Gasteiger partial charge in [0.1, 0.15) is 0 Å². The van der Waals surface area contributed by atoms with Crippen LogP contribution in [-0.4, -0.2) is 11.6 Å². The molecule has 20 heavy (non-hydrogen) atoms. The molecule has 0 unspecified atom stereocenters. The van der Waals surface area contributed by atoms with E-state index in [9.17, 15) is 4.79 Å². The van der Waals surface area contributed by atoms with Crippen LogP contribution in [0.4, 0.5) is 0 Å². The van der Waals surface area contributed by atoms with E-state index < -0.39 is 0 Å². The van der Waals surface area contributed by atoms with Crippen molar-refractivity contribution in [1.82, 2.24) is 5.43 Å². The summed E-state index contributed by atoms with van der Waals surface area (Å²) in [6, 6.07) is 16.9. The number of hydrogen-bond donors (Lipinski definition) is 1. The number of amides is 1. The molecule has 0 aliphatic carbocycles. The lowest BCUT2D eigenvalue weighted by Crippen LogP contribution is -2.21. The lowest BCUT2D eigenvalue weighted by Gasteiger charge is -2.03. The van der Waals surface area contributed by atoms with Crippen molar-refractivity contribution in [2.24, 2.45) is 5.10 Å². The molecule has 0 aromatic heterocycles. The molecule has 0 atom stereocenters. The largest absolute Gasteiger partial charge is 0.273 e. The Morgan fingerprint density at radius 2 is 1.75 bits per heavy atom. The highest BCUT2D eigenvalue weighted by molar-refractivity contribution is 6.30. The lowest BCUT2D eigenvalue weighted by atomic mass is 10.1. The fraction of sp³-hybridized carbons (Fsp3) is 0.125. The van der Waals surface area contributed by atoms with Crippen LogP contribution in [0, 0.1) is 0 Å². The zero-order valence-corrected chi connectivity index (χ0v) is 11.9. The Kier molecular flexibility index (Phi) is 4.91. The van der Waals surface area contributed by atoms with Crippen LogP contribution < -0.4 is 5.43 Å². The van der Waals surface area contributed by atoms with Crippen molar-refractivity contribution in [3.8, 4) is 0 Å². The van der Waals surface area contributed by atoms with Crippen LogP contribution in [0.1, 0.15) is 18.1 Å². The second-order valence-electron chi connectivity index (χ2n) is 4.40. The first-order chi connectivity index (χ1) is 9.65. The van der Waals surface area contributed by atoms with Gasteiger partial charge in [-0.3, -0.25) is 4.79 Å². The summed E-state index contributed by atoms with van der Waals surface area (Å²) in [6.07, 6.45) is 0.318. The fourth-order valence-corrected chi connectivity index (χ4v) is 1.85. The average Bonchev–Trinajstić information content (AvgIpc) is 2.46. The van der Waals surface area contributed by atoms with E-state index in [1.165, 1.54) is 0 Å². The number of halogens is 1. The third kappa shape index (κ3) is 4.21. The molecule has 0 bridgehead atoms. The zero-order valence-electron chi connectivity index (χ0n) is 11.1. The maximum absolute atomic E-state index is 11.8. The molecule has 0 saturated heterocycles. The normalized spacial score (nSPS) is 11.2. The summed E-state index contributed by atoms with van der Waals surface area (Å²) in [6.45, 7) is 1.84. The molecule has 2 aromatic carbocycles. The van der Waals surface area contributed by atoms with Gasteiger partial charge in [-0.25, -0.2) is 5.43 Å². The van der Waals surface area contributed by atoms with E-state index in [1.54, 1.807) is 12.1 Å². The molecule has 3 nitrogen and oxygen atoms in total. The molecule has 0 aliphatic heterocycles. The molecule has 2 aromatic rings. The van der Waals surface area contributed by atoms with Crippen LogP contribution in [0.2, 0.25) is 5.02 Å². The molecule has 0 saturated carbocycles. The van der Waals surface area contributed by atoms with Crippen LogP contribution in [-0.2, 0) is 11.2 Å². The Labute approximate surface area is 123 Å². The van der Waals surface area contributed by atoms with Crippen LogP contribution in [0.15, 0.2) is 59.7 Å². The minimum atomic E-state index is -0.135. The topological polar surface area (TPSA) is 41.5 Å². The van der Waals surface area contributed by atoms with Crippen molar-refractivity contribution in [3.63, 3.8) is 0 Å². The average molecular weight is 287 g/mol. The quantitative estimate of drug-likeness (QED) is 0.679. The summed E-state index contributed by atoms with van der Waals surface area (Å²) in [7, 11) is 0. The van der Waals surface area contributed by atoms with Gasteiger partial charge in [-0.1, -0.05) is 54.1 Å². The SMILES string of the molecule is C/C(=N/NC(=O)Cc1ccccc1)c1ccc(Cl)cc1. The molecule has 0 heterocycles. The Bertz CT molecular complexity index is 606. The lowest BCUT2D eigenvalue weighted by molar-refractivity contribution is -0.120. The molecule has 0 aliphatic rings. The van der Waals surface area contributed by atoms with Gasteiger partial charge in [-0.2, -0.15) is 5.10 Å². The monoisotopic (exact) mass is 286 g/mol. The van der Waals surface area contributed by atoms with Gasteiger partial charge in [0.25, 0.3) is 0 Å². The highest BCUT2D eigenvalue weighted by Crippen LogP contribution is 2.10. The predicted octanol–water partition coefficient (Wildman–Crippen LogP) is 3.42. The molecular formula is C16H15ClN2O. The number of rotatable bonds is 4. The smallest absolute Gasteiger partial charge is 0.244 e. The fourth-order valence-electron chi connectivity index (χ4n) is 1.72. The summed E-state index contributed by atoms with van der Waals surface area (Å²) >= 11 is 5.82. The summed E-state index contributed by atoms with van der Waals surface area (Å²) in [5, 5.41) is 4.77. The second-order valence-corrected chi connectivity index (χ2v) is 4.84. The zero-order chi connectivity index (χ0) is 14.4. The molecule has 2 rings (SSSR count). The Balaban J connectivity index is 1.95. The van der Waals surface area contributed by atoms with E-state index in [-0.39, 0.29) is 5.91 Å². The number of carbonyl (C=O) groups is 1. The maximum atomic E-state index is 11.8. The number of nitrogens with zero attached hydrogens (tertiary/aromatic N) is 1. The molecule has 1 N–H and O–H groups in total. The van der Waals surface area contributed by atoms with Gasteiger partial charge in [0.15, 0.2) is 0 Å². The summed E-state index contributed by atoms with van der Waals surface area (Å²) in [5.41, 5.74) is 5.19. The van der Waals surface area contributed by atoms with E-state index in [2.05, 4.69) is 10.5 Å². The van der Waals surface area contributed by atoms with Crippen LogP contribution in [0.25, 0.3) is 0 Å². The van der Waals surface area contributed by atoms with E-state index in [0.717, 1.165) is 16.8 Å². The van der Waals surface area contributed by atoms with Crippen molar-refractivity contribution in [2.45, 2.75) is 13.3 Å². The molecule has 102 valence electrons. The van der Waals surface area contributed by atoms with Gasteiger partial charge in [-0.05, 0) is 30.2 Å². The van der Waals surface area contributed by atoms with Gasteiger partial charge in [0.2, 0.25) is 5.91 Å². The molecule has 0 radical (unpaired) electrons. The predicted molar refractivity (Wildman–Crippen MR) is 82.0 cm³/mol. The maximum Gasteiger partial charge on any atom is 0.244 e.